The molecule has 1 aromatic heterocycles. The van der Waals surface area contributed by atoms with Crippen molar-refractivity contribution in [2.75, 3.05) is 20.8 Å². The highest BCUT2D eigenvalue weighted by molar-refractivity contribution is 5.79. The van der Waals surface area contributed by atoms with Crippen molar-refractivity contribution in [2.24, 2.45) is 4.99 Å². The van der Waals surface area contributed by atoms with Crippen molar-refractivity contribution >= 4 is 5.96 Å². The highest BCUT2D eigenvalue weighted by Gasteiger charge is 2.13. The Morgan fingerprint density at radius 2 is 1.85 bits per heavy atom. The van der Waals surface area contributed by atoms with Crippen molar-refractivity contribution in [3.05, 3.63) is 40.8 Å². The van der Waals surface area contributed by atoms with E-state index < -0.39 is 0 Å². The molecule has 7 heteroatoms. The maximum atomic E-state index is 5.43. The molecule has 0 unspecified atom stereocenters. The molecule has 0 radical (unpaired) electrons. The molecule has 2 rings (SSSR count). The van der Waals surface area contributed by atoms with Gasteiger partial charge in [0.25, 0.3) is 0 Å². The third kappa shape index (κ3) is 5.39. The van der Waals surface area contributed by atoms with Gasteiger partial charge in [0.1, 0.15) is 5.76 Å². The molecule has 0 atom stereocenters. The second-order valence-corrected chi connectivity index (χ2v) is 5.98. The first-order valence-electron chi connectivity index (χ1n) is 9.36. The molecule has 0 saturated heterocycles. The number of guanidine groups is 1. The molecule has 0 bridgehead atoms. The molecular weight excluding hydrogens is 344 g/mol. The number of aromatic nitrogens is 1. The van der Waals surface area contributed by atoms with Gasteiger partial charge in [0.05, 0.1) is 26.5 Å². The Morgan fingerprint density at radius 3 is 2.48 bits per heavy atom. The maximum Gasteiger partial charge on any atom is 0.191 e. The molecule has 0 aliphatic carbocycles. The molecule has 0 saturated carbocycles. The van der Waals surface area contributed by atoms with Gasteiger partial charge in [-0.2, -0.15) is 0 Å². The van der Waals surface area contributed by atoms with E-state index >= 15 is 0 Å². The number of aryl methyl sites for hydroxylation is 2. The van der Waals surface area contributed by atoms with E-state index in [-0.39, 0.29) is 0 Å². The Morgan fingerprint density at radius 1 is 1.07 bits per heavy atom. The van der Waals surface area contributed by atoms with E-state index in [2.05, 4.69) is 34.6 Å². The minimum atomic E-state index is 0.528. The number of rotatable bonds is 9. The summed E-state index contributed by atoms with van der Waals surface area (Å²) in [5, 5.41) is 10.8. The lowest BCUT2D eigenvalue weighted by Gasteiger charge is -2.12. The molecule has 1 heterocycles. The quantitative estimate of drug-likeness (QED) is 0.519. The highest BCUT2D eigenvalue weighted by atomic mass is 16.5. The molecule has 0 fully saturated rings. The third-order valence-corrected chi connectivity index (χ3v) is 4.25. The summed E-state index contributed by atoms with van der Waals surface area (Å²) in [6, 6.07) is 5.82. The lowest BCUT2D eigenvalue weighted by Crippen LogP contribution is -2.37. The van der Waals surface area contributed by atoms with Crippen LogP contribution in [-0.2, 0) is 25.9 Å². The monoisotopic (exact) mass is 374 g/mol. The number of methoxy groups -OCH3 is 2. The van der Waals surface area contributed by atoms with Crippen LogP contribution in [0, 0.1) is 0 Å². The van der Waals surface area contributed by atoms with Gasteiger partial charge in [0.15, 0.2) is 17.5 Å². The lowest BCUT2D eigenvalue weighted by molar-refractivity contribution is 0.354. The first-order chi connectivity index (χ1) is 13.2. The van der Waals surface area contributed by atoms with Crippen molar-refractivity contribution in [3.63, 3.8) is 0 Å². The van der Waals surface area contributed by atoms with Crippen molar-refractivity contribution in [2.45, 2.75) is 46.7 Å². The number of nitrogens with one attached hydrogen (secondary N) is 2. The minimum Gasteiger partial charge on any atom is -0.493 e. The van der Waals surface area contributed by atoms with Gasteiger partial charge in [-0.3, -0.25) is 0 Å². The van der Waals surface area contributed by atoms with Crippen LogP contribution in [0.3, 0.4) is 0 Å². The topological polar surface area (TPSA) is 80.9 Å². The number of aliphatic imine (C=N–C) groups is 1. The summed E-state index contributed by atoms with van der Waals surface area (Å²) >= 11 is 0. The average Bonchev–Trinajstić information content (AvgIpc) is 3.11. The zero-order valence-electron chi connectivity index (χ0n) is 16.9. The van der Waals surface area contributed by atoms with E-state index in [0.29, 0.717) is 24.6 Å². The van der Waals surface area contributed by atoms with Gasteiger partial charge in [-0.25, -0.2) is 4.99 Å². The molecule has 0 amide bonds. The summed E-state index contributed by atoms with van der Waals surface area (Å²) in [6.45, 7) is 8.13. The van der Waals surface area contributed by atoms with Crippen molar-refractivity contribution < 1.29 is 14.0 Å². The molecule has 0 spiro atoms. The van der Waals surface area contributed by atoms with Gasteiger partial charge >= 0.3 is 0 Å². The summed E-state index contributed by atoms with van der Waals surface area (Å²) in [5.74, 6) is 3.09. The number of nitrogens with zero attached hydrogens (tertiary/aromatic N) is 2. The Hall–Kier alpha value is -2.70. The van der Waals surface area contributed by atoms with E-state index in [4.69, 9.17) is 14.0 Å². The smallest absolute Gasteiger partial charge is 0.191 e. The molecule has 1 aromatic carbocycles. The standard InChI is InChI=1S/C20H30N4O3/c1-6-16-15(17(7-2)27-24-16)13-23-20(21-8-3)22-12-14-9-10-18(25-4)19(11-14)26-5/h9-11H,6-8,12-13H2,1-5H3,(H2,21,22,23). The third-order valence-electron chi connectivity index (χ3n) is 4.25. The molecular formula is C20H30N4O3. The van der Waals surface area contributed by atoms with Crippen LogP contribution in [0.15, 0.2) is 27.7 Å². The Kier molecular flexibility index (Phi) is 7.98. The normalized spacial score (nSPS) is 11.4. The minimum absolute atomic E-state index is 0.528. The summed E-state index contributed by atoms with van der Waals surface area (Å²) in [7, 11) is 3.26. The summed E-state index contributed by atoms with van der Waals surface area (Å²) < 4.78 is 16.1. The second kappa shape index (κ2) is 10.4. The molecule has 7 nitrogen and oxygen atoms in total. The van der Waals surface area contributed by atoms with Gasteiger partial charge in [0.2, 0.25) is 0 Å². The average molecular weight is 374 g/mol. The van der Waals surface area contributed by atoms with Crippen LogP contribution >= 0.6 is 0 Å². The van der Waals surface area contributed by atoms with Crippen LogP contribution in [-0.4, -0.2) is 31.9 Å². The van der Waals surface area contributed by atoms with Crippen LogP contribution in [0.25, 0.3) is 0 Å². The van der Waals surface area contributed by atoms with Gasteiger partial charge in [-0.05, 0) is 31.0 Å². The lowest BCUT2D eigenvalue weighted by atomic mass is 10.1. The molecule has 27 heavy (non-hydrogen) atoms. The number of hydrogen-bond donors (Lipinski definition) is 2. The van der Waals surface area contributed by atoms with Crippen LogP contribution in [0.5, 0.6) is 11.5 Å². The van der Waals surface area contributed by atoms with E-state index in [1.807, 2.05) is 25.1 Å². The van der Waals surface area contributed by atoms with E-state index in [9.17, 15) is 0 Å². The van der Waals surface area contributed by atoms with Crippen LogP contribution in [0.4, 0.5) is 0 Å². The van der Waals surface area contributed by atoms with Crippen molar-refractivity contribution in [3.8, 4) is 11.5 Å². The predicted octanol–water partition coefficient (Wildman–Crippen LogP) is 3.07. The molecule has 148 valence electrons. The Labute approximate surface area is 161 Å². The van der Waals surface area contributed by atoms with Crippen molar-refractivity contribution in [1.29, 1.82) is 0 Å². The fourth-order valence-electron chi connectivity index (χ4n) is 2.80. The van der Waals surface area contributed by atoms with E-state index in [1.54, 1.807) is 14.2 Å². The van der Waals surface area contributed by atoms with Gasteiger partial charge in [-0.1, -0.05) is 25.1 Å². The SMILES string of the molecule is CCNC(=NCc1ccc(OC)c(OC)c1)NCc1c(CC)noc1CC. The zero-order valence-corrected chi connectivity index (χ0v) is 16.9. The fourth-order valence-corrected chi connectivity index (χ4v) is 2.80. The van der Waals surface area contributed by atoms with Crippen LogP contribution in [0.2, 0.25) is 0 Å². The highest BCUT2D eigenvalue weighted by Crippen LogP contribution is 2.27. The van der Waals surface area contributed by atoms with Crippen LogP contribution in [0.1, 0.15) is 43.4 Å². The largest absolute Gasteiger partial charge is 0.493 e. The Balaban J connectivity index is 2.09. The summed E-state index contributed by atoms with van der Waals surface area (Å²) in [5.41, 5.74) is 3.16. The fraction of sp³-hybridized carbons (Fsp3) is 0.500. The molecule has 0 aliphatic heterocycles. The first kappa shape index (κ1) is 20.6. The van der Waals surface area contributed by atoms with Gasteiger partial charge < -0.3 is 24.6 Å². The number of ether oxygens (including phenoxy) is 2. The molecule has 0 aliphatic rings. The van der Waals surface area contributed by atoms with Crippen molar-refractivity contribution in [1.82, 2.24) is 15.8 Å². The first-order valence-corrected chi connectivity index (χ1v) is 9.36. The van der Waals surface area contributed by atoms with E-state index in [1.165, 1.54) is 0 Å². The Bertz CT molecular complexity index is 734. The molecule has 2 aromatic rings. The van der Waals surface area contributed by atoms with Crippen LogP contribution < -0.4 is 20.1 Å². The predicted molar refractivity (Wildman–Crippen MR) is 106 cm³/mol. The summed E-state index contributed by atoms with van der Waals surface area (Å²) in [4.78, 5) is 4.67. The maximum absolute atomic E-state index is 5.43. The number of benzene rings is 1. The van der Waals surface area contributed by atoms with Gasteiger partial charge in [-0.15, -0.1) is 0 Å². The van der Waals surface area contributed by atoms with Gasteiger partial charge in [0, 0.05) is 25.1 Å². The molecule has 2 N–H and O–H groups in total. The summed E-state index contributed by atoms with van der Waals surface area (Å²) in [6.07, 6.45) is 1.67. The second-order valence-electron chi connectivity index (χ2n) is 5.98. The zero-order chi connectivity index (χ0) is 19.6. The van der Waals surface area contributed by atoms with E-state index in [0.717, 1.165) is 47.9 Å². The number of hydrogen-bond acceptors (Lipinski definition) is 5.